The maximum atomic E-state index is 5.91. The summed E-state index contributed by atoms with van der Waals surface area (Å²) >= 11 is 7.81. The van der Waals surface area contributed by atoms with Gasteiger partial charge in [-0.2, -0.15) is 11.8 Å². The lowest BCUT2D eigenvalue weighted by atomic mass is 10.1. The number of nitrogens with zero attached hydrogens (tertiary/aromatic N) is 2. The third kappa shape index (κ3) is 2.91. The van der Waals surface area contributed by atoms with Crippen molar-refractivity contribution in [3.8, 4) is 0 Å². The third-order valence-electron chi connectivity index (χ3n) is 3.24. The van der Waals surface area contributed by atoms with Crippen molar-refractivity contribution in [1.29, 1.82) is 0 Å². The van der Waals surface area contributed by atoms with Gasteiger partial charge in [-0.1, -0.05) is 23.7 Å². The predicted molar refractivity (Wildman–Crippen MR) is 85.5 cm³/mol. The van der Waals surface area contributed by atoms with E-state index >= 15 is 0 Å². The fourth-order valence-electron chi connectivity index (χ4n) is 2.28. The van der Waals surface area contributed by atoms with Gasteiger partial charge in [0.25, 0.3) is 0 Å². The number of anilines is 1. The van der Waals surface area contributed by atoms with Crippen LogP contribution in [-0.2, 0) is 17.9 Å². The van der Waals surface area contributed by atoms with Crippen LogP contribution in [0.5, 0.6) is 0 Å². The highest BCUT2D eigenvalue weighted by molar-refractivity contribution is 7.98. The summed E-state index contributed by atoms with van der Waals surface area (Å²) in [6, 6.07) is 7.87. The smallest absolute Gasteiger partial charge is 0.135 e. The van der Waals surface area contributed by atoms with Crippen LogP contribution in [-0.4, -0.2) is 16.5 Å². The molecule has 5 heteroatoms. The zero-order chi connectivity index (χ0) is 13.9. The summed E-state index contributed by atoms with van der Waals surface area (Å²) in [7, 11) is 0. The highest BCUT2D eigenvalue weighted by Gasteiger charge is 2.19. The number of hydrogen-bond acceptors (Lipinski definition) is 4. The standard InChI is InChI=1S/C15H16ClN3S/c1-2-17-15-12-8-20-9-13(12)18-14(19-15)7-10-3-5-11(16)6-4-10/h3-6H,2,7-9H2,1H3,(H,17,18,19). The van der Waals surface area contributed by atoms with Crippen LogP contribution >= 0.6 is 23.4 Å². The molecule has 0 unspecified atom stereocenters. The predicted octanol–water partition coefficient (Wildman–Crippen LogP) is 3.90. The lowest BCUT2D eigenvalue weighted by Crippen LogP contribution is -2.08. The Labute approximate surface area is 128 Å². The second kappa shape index (κ2) is 6.02. The van der Waals surface area contributed by atoms with Crippen LogP contribution in [0.2, 0.25) is 5.02 Å². The first-order valence-electron chi connectivity index (χ1n) is 6.71. The summed E-state index contributed by atoms with van der Waals surface area (Å²) in [6.07, 6.45) is 0.744. The highest BCUT2D eigenvalue weighted by Crippen LogP contribution is 2.33. The molecule has 1 N–H and O–H groups in total. The van der Waals surface area contributed by atoms with Crippen molar-refractivity contribution in [3.63, 3.8) is 0 Å². The Bertz CT molecular complexity index is 613. The second-order valence-electron chi connectivity index (χ2n) is 4.74. The number of nitrogens with one attached hydrogen (secondary N) is 1. The topological polar surface area (TPSA) is 37.8 Å². The van der Waals surface area contributed by atoms with Crippen molar-refractivity contribution in [2.75, 3.05) is 11.9 Å². The van der Waals surface area contributed by atoms with Gasteiger partial charge in [0.15, 0.2) is 0 Å². The van der Waals surface area contributed by atoms with Crippen LogP contribution in [0.3, 0.4) is 0 Å². The van der Waals surface area contributed by atoms with Gasteiger partial charge in [0, 0.05) is 35.1 Å². The summed E-state index contributed by atoms with van der Waals surface area (Å²) in [5, 5.41) is 4.12. The van der Waals surface area contributed by atoms with Gasteiger partial charge in [-0.3, -0.25) is 0 Å². The van der Waals surface area contributed by atoms with Gasteiger partial charge >= 0.3 is 0 Å². The van der Waals surface area contributed by atoms with Gasteiger partial charge in [-0.15, -0.1) is 0 Å². The molecule has 0 bridgehead atoms. The normalized spacial score (nSPS) is 13.3. The molecule has 0 saturated heterocycles. The van der Waals surface area contributed by atoms with Gasteiger partial charge in [0.1, 0.15) is 11.6 Å². The van der Waals surface area contributed by atoms with E-state index in [9.17, 15) is 0 Å². The van der Waals surface area contributed by atoms with Gasteiger partial charge < -0.3 is 5.32 Å². The molecule has 1 aromatic carbocycles. The molecular formula is C15H16ClN3S. The van der Waals surface area contributed by atoms with Crippen LogP contribution in [0.15, 0.2) is 24.3 Å². The summed E-state index contributed by atoms with van der Waals surface area (Å²) in [4.78, 5) is 9.39. The molecule has 1 aliphatic heterocycles. The van der Waals surface area contributed by atoms with Crippen molar-refractivity contribution in [2.24, 2.45) is 0 Å². The first kappa shape index (κ1) is 13.7. The van der Waals surface area contributed by atoms with E-state index in [1.54, 1.807) is 0 Å². The molecule has 0 saturated carbocycles. The van der Waals surface area contributed by atoms with E-state index in [4.69, 9.17) is 16.6 Å². The van der Waals surface area contributed by atoms with Crippen LogP contribution in [0, 0.1) is 0 Å². The fourth-order valence-corrected chi connectivity index (χ4v) is 3.45. The lowest BCUT2D eigenvalue weighted by molar-refractivity contribution is 0.924. The number of halogens is 1. The molecule has 2 aromatic rings. The van der Waals surface area contributed by atoms with Crippen molar-refractivity contribution in [3.05, 3.63) is 51.9 Å². The van der Waals surface area contributed by atoms with Crippen molar-refractivity contribution >= 4 is 29.2 Å². The Morgan fingerprint density at radius 3 is 2.75 bits per heavy atom. The van der Waals surface area contributed by atoms with Crippen LogP contribution in [0.4, 0.5) is 5.82 Å². The Morgan fingerprint density at radius 2 is 2.00 bits per heavy atom. The monoisotopic (exact) mass is 305 g/mol. The van der Waals surface area contributed by atoms with E-state index in [0.29, 0.717) is 0 Å². The average molecular weight is 306 g/mol. The quantitative estimate of drug-likeness (QED) is 0.929. The van der Waals surface area contributed by atoms with Crippen LogP contribution < -0.4 is 5.32 Å². The van der Waals surface area contributed by atoms with E-state index < -0.39 is 0 Å². The first-order valence-corrected chi connectivity index (χ1v) is 8.24. The third-order valence-corrected chi connectivity index (χ3v) is 4.47. The molecule has 20 heavy (non-hydrogen) atoms. The molecule has 1 aliphatic rings. The second-order valence-corrected chi connectivity index (χ2v) is 6.16. The van der Waals surface area contributed by atoms with Gasteiger partial charge in [-0.05, 0) is 24.6 Å². The Hall–Kier alpha value is -1.26. The van der Waals surface area contributed by atoms with E-state index in [0.717, 1.165) is 41.1 Å². The summed E-state index contributed by atoms with van der Waals surface area (Å²) < 4.78 is 0. The molecule has 0 amide bonds. The fraction of sp³-hybridized carbons (Fsp3) is 0.333. The van der Waals surface area contributed by atoms with Gasteiger partial charge in [0.2, 0.25) is 0 Å². The van der Waals surface area contributed by atoms with Crippen molar-refractivity contribution in [1.82, 2.24) is 9.97 Å². The average Bonchev–Trinajstić information content (AvgIpc) is 2.90. The number of benzene rings is 1. The number of rotatable bonds is 4. The maximum absolute atomic E-state index is 5.91. The molecule has 0 atom stereocenters. The minimum Gasteiger partial charge on any atom is -0.370 e. The molecule has 0 radical (unpaired) electrons. The molecule has 104 valence electrons. The SMILES string of the molecule is CCNc1nc(Cc2ccc(Cl)cc2)nc2c1CSC2. The van der Waals surface area contributed by atoms with E-state index in [1.807, 2.05) is 36.0 Å². The summed E-state index contributed by atoms with van der Waals surface area (Å²) in [5.74, 6) is 3.89. The molecule has 0 spiro atoms. The van der Waals surface area contributed by atoms with Crippen LogP contribution in [0.25, 0.3) is 0 Å². The van der Waals surface area contributed by atoms with Gasteiger partial charge in [0.05, 0.1) is 5.69 Å². The number of hydrogen-bond donors (Lipinski definition) is 1. The van der Waals surface area contributed by atoms with E-state index in [1.165, 1.54) is 16.8 Å². The Kier molecular flexibility index (Phi) is 4.13. The van der Waals surface area contributed by atoms with E-state index in [-0.39, 0.29) is 0 Å². The molecule has 3 rings (SSSR count). The first-order chi connectivity index (χ1) is 9.76. The molecule has 2 heterocycles. The molecule has 3 nitrogen and oxygen atoms in total. The molecule has 0 fully saturated rings. The summed E-state index contributed by atoms with van der Waals surface area (Å²) in [6.45, 7) is 2.98. The number of thioether (sulfide) groups is 1. The Balaban J connectivity index is 1.89. The Morgan fingerprint density at radius 1 is 1.20 bits per heavy atom. The number of aromatic nitrogens is 2. The minimum atomic E-state index is 0.744. The van der Waals surface area contributed by atoms with Crippen LogP contribution in [0.1, 0.15) is 29.6 Å². The maximum Gasteiger partial charge on any atom is 0.135 e. The van der Waals surface area contributed by atoms with Crippen molar-refractivity contribution in [2.45, 2.75) is 24.9 Å². The molecule has 1 aromatic heterocycles. The largest absolute Gasteiger partial charge is 0.370 e. The minimum absolute atomic E-state index is 0.744. The van der Waals surface area contributed by atoms with Gasteiger partial charge in [-0.25, -0.2) is 9.97 Å². The number of fused-ring (bicyclic) bond motifs is 1. The lowest BCUT2D eigenvalue weighted by Gasteiger charge is -2.10. The molecular weight excluding hydrogens is 290 g/mol. The highest BCUT2D eigenvalue weighted by atomic mass is 35.5. The zero-order valence-corrected chi connectivity index (χ0v) is 12.9. The summed E-state index contributed by atoms with van der Waals surface area (Å²) in [5.41, 5.74) is 3.64. The van der Waals surface area contributed by atoms with Crippen molar-refractivity contribution < 1.29 is 0 Å². The van der Waals surface area contributed by atoms with E-state index in [2.05, 4.69) is 17.2 Å². The molecule has 0 aliphatic carbocycles. The zero-order valence-electron chi connectivity index (χ0n) is 11.3.